The average Bonchev–Trinajstić information content (AvgIpc) is 3.71. The van der Waals surface area contributed by atoms with Crippen molar-refractivity contribution >= 4 is 46.3 Å². The molecule has 2 N–H and O–H groups in total. The molecule has 11 heteroatoms. The molecule has 1 aliphatic carbocycles. The fourth-order valence-corrected chi connectivity index (χ4v) is 6.40. The molecule has 5 aromatic rings. The van der Waals surface area contributed by atoms with Gasteiger partial charge >= 0.3 is 0 Å². The normalized spacial score (nSPS) is 17.0. The third-order valence-corrected chi connectivity index (χ3v) is 9.22. The number of amides is 1. The molecule has 0 atom stereocenters. The van der Waals surface area contributed by atoms with Crippen LogP contribution in [0, 0.1) is 12.8 Å². The van der Waals surface area contributed by atoms with E-state index in [1.165, 1.54) is 0 Å². The zero-order chi connectivity index (χ0) is 34.5. The van der Waals surface area contributed by atoms with Gasteiger partial charge in [0.25, 0.3) is 5.95 Å². The molecule has 3 aromatic heterocycles. The molecule has 0 unspecified atom stereocenters. The third-order valence-electron chi connectivity index (χ3n) is 9.22. The van der Waals surface area contributed by atoms with Gasteiger partial charge in [-0.3, -0.25) is 4.79 Å². The lowest BCUT2D eigenvalue weighted by Gasteiger charge is -2.24. The van der Waals surface area contributed by atoms with Crippen molar-refractivity contribution in [2.24, 2.45) is 10.9 Å². The number of aryl methyl sites for hydroxylation is 1. The summed E-state index contributed by atoms with van der Waals surface area (Å²) in [5.41, 5.74) is 6.96. The van der Waals surface area contributed by atoms with E-state index in [0.29, 0.717) is 37.0 Å². The second-order valence-corrected chi connectivity index (χ2v) is 13.4. The number of nitrogens with zero attached hydrogens (tertiary/aromatic N) is 7. The first-order valence-corrected chi connectivity index (χ1v) is 17.1. The first-order valence-electron chi connectivity index (χ1n) is 17.1. The lowest BCUT2D eigenvalue weighted by atomic mass is 9.88. The monoisotopic (exact) mass is 661 g/mol. The van der Waals surface area contributed by atoms with Crippen LogP contribution in [0.3, 0.4) is 0 Å². The Hall–Kier alpha value is -4.87. The second kappa shape index (κ2) is 15.1. The number of anilines is 2. The van der Waals surface area contributed by atoms with Crippen molar-refractivity contribution in [3.05, 3.63) is 83.7 Å². The van der Waals surface area contributed by atoms with Crippen molar-refractivity contribution in [1.29, 1.82) is 0 Å². The fraction of sp³-hybridized carbons (Fsp3) is 0.395. The maximum absolute atomic E-state index is 12.4. The van der Waals surface area contributed by atoms with Crippen molar-refractivity contribution in [2.45, 2.75) is 65.0 Å². The third kappa shape index (κ3) is 7.90. The topological polar surface area (TPSA) is 114 Å². The van der Waals surface area contributed by atoms with Crippen LogP contribution in [0.4, 0.5) is 17.6 Å². The van der Waals surface area contributed by atoms with Crippen molar-refractivity contribution in [1.82, 2.24) is 29.0 Å². The summed E-state index contributed by atoms with van der Waals surface area (Å²) in [5, 5.41) is 12.3. The number of aliphatic imine (C=N–C) groups is 1. The Kier molecular flexibility index (Phi) is 10.5. The van der Waals surface area contributed by atoms with Crippen LogP contribution in [0.25, 0.3) is 22.2 Å². The molecule has 0 bridgehead atoms. The minimum Gasteiger partial charge on any atom is -0.381 e. The molecule has 1 amide bonds. The van der Waals surface area contributed by atoms with E-state index in [1.54, 1.807) is 17.7 Å². The number of carbonyl (C=O) groups excluding carboxylic acids is 1. The Morgan fingerprint density at radius 3 is 2.69 bits per heavy atom. The van der Waals surface area contributed by atoms with Crippen LogP contribution >= 0.6 is 0 Å². The molecule has 1 fully saturated rings. The molecule has 2 aromatic carbocycles. The predicted molar refractivity (Wildman–Crippen MR) is 197 cm³/mol. The minimum absolute atomic E-state index is 0.146. The molecule has 1 aliphatic rings. The average molecular weight is 662 g/mol. The first kappa shape index (κ1) is 34.0. The van der Waals surface area contributed by atoms with Crippen LogP contribution in [0.2, 0.25) is 0 Å². The Balaban J connectivity index is 1.26. The van der Waals surface area contributed by atoms with Crippen LogP contribution in [0.15, 0.2) is 72.0 Å². The number of hydrogen-bond acceptors (Lipinski definition) is 8. The number of likely N-dealkylation sites (N-methyl/N-ethyl adjacent to an activating group) is 1. The highest BCUT2D eigenvalue weighted by Crippen LogP contribution is 2.29. The van der Waals surface area contributed by atoms with Gasteiger partial charge in [-0.15, -0.1) is 0 Å². The van der Waals surface area contributed by atoms with Crippen molar-refractivity contribution in [2.75, 3.05) is 38.4 Å². The maximum atomic E-state index is 12.4. The predicted octanol–water partition coefficient (Wildman–Crippen LogP) is 7.08. The molecular weight excluding hydrogens is 614 g/mol. The van der Waals surface area contributed by atoms with Gasteiger partial charge in [-0.05, 0) is 100.0 Å². The van der Waals surface area contributed by atoms with Gasteiger partial charge in [-0.25, -0.2) is 4.99 Å². The quantitative estimate of drug-likeness (QED) is 0.109. The van der Waals surface area contributed by atoms with E-state index in [0.717, 1.165) is 70.3 Å². The van der Waals surface area contributed by atoms with E-state index in [-0.39, 0.29) is 11.8 Å². The molecule has 0 spiro atoms. The van der Waals surface area contributed by atoms with Gasteiger partial charge in [-0.2, -0.15) is 19.6 Å². The molecule has 0 aliphatic heterocycles. The van der Waals surface area contributed by atoms with Gasteiger partial charge in [0.05, 0.1) is 23.5 Å². The number of ether oxygens (including phenoxy) is 1. The lowest BCUT2D eigenvalue weighted by Crippen LogP contribution is -2.20. The van der Waals surface area contributed by atoms with Crippen LogP contribution in [0.5, 0.6) is 0 Å². The molecule has 49 heavy (non-hydrogen) atoms. The lowest BCUT2D eigenvalue weighted by molar-refractivity contribution is -0.111. The van der Waals surface area contributed by atoms with E-state index >= 15 is 0 Å². The van der Waals surface area contributed by atoms with Gasteiger partial charge in [0.1, 0.15) is 0 Å². The summed E-state index contributed by atoms with van der Waals surface area (Å²) in [6.07, 6.45) is 13.9. The van der Waals surface area contributed by atoms with Crippen LogP contribution in [-0.4, -0.2) is 75.0 Å². The highest BCUT2D eigenvalue weighted by molar-refractivity contribution is 6.00. The summed E-state index contributed by atoms with van der Waals surface area (Å²) < 4.78 is 9.52. The maximum Gasteiger partial charge on any atom is 0.254 e. The molecule has 11 nitrogen and oxygen atoms in total. The van der Waals surface area contributed by atoms with Gasteiger partial charge in [0, 0.05) is 55.3 Å². The van der Waals surface area contributed by atoms with Crippen LogP contribution in [0.1, 0.15) is 62.1 Å². The summed E-state index contributed by atoms with van der Waals surface area (Å²) in [4.78, 5) is 28.9. The number of nitrogens with one attached hydrogen (secondary N) is 2. The van der Waals surface area contributed by atoms with Gasteiger partial charge < -0.3 is 24.8 Å². The van der Waals surface area contributed by atoms with Crippen LogP contribution in [-0.2, 0) is 16.1 Å². The number of methoxy groups -OCH3 is 1. The number of hydrogen-bond donors (Lipinski definition) is 2. The first-order chi connectivity index (χ1) is 23.7. The van der Waals surface area contributed by atoms with Crippen LogP contribution < -0.4 is 10.6 Å². The zero-order valence-electron chi connectivity index (χ0n) is 29.3. The Labute approximate surface area is 288 Å². The number of rotatable bonds is 12. The van der Waals surface area contributed by atoms with Gasteiger partial charge in [0.2, 0.25) is 11.9 Å². The molecular formula is C38H47N9O2. The highest BCUT2D eigenvalue weighted by Gasteiger charge is 2.20. The standard InChI is InChI=1S/C38H47N9O2/c1-25(2)31-24-41-47-36(31)43-37(39-22-27-12-15-30(49-6)16-13-27)44-38(47)40-23-32-26(3)9-7-10-34(32)46-20-18-28-21-29(14-17-33(28)46)42-35(48)11-8-19-45(4)5/h7-11,14,17-18,20-22,24-25,27,30H,12-13,15-16,19,23H2,1-6H3,(H,42,48)(H,40,43,44)/b11-8+,39-22?. The molecule has 1 saturated carbocycles. The number of benzene rings is 2. The fourth-order valence-electron chi connectivity index (χ4n) is 6.40. The molecule has 3 heterocycles. The Morgan fingerprint density at radius 1 is 1.12 bits per heavy atom. The molecule has 0 saturated heterocycles. The molecule has 256 valence electrons. The summed E-state index contributed by atoms with van der Waals surface area (Å²) >= 11 is 0. The Bertz CT molecular complexity index is 1980. The summed E-state index contributed by atoms with van der Waals surface area (Å²) in [6.45, 7) is 7.63. The Morgan fingerprint density at radius 2 is 1.94 bits per heavy atom. The molecule has 6 rings (SSSR count). The van der Waals surface area contributed by atoms with Gasteiger partial charge in [0.15, 0.2) is 5.65 Å². The minimum atomic E-state index is -0.146. The SMILES string of the molecule is COC1CCC(C=Nc2nc(NCc3c(C)cccc3-n3ccc4cc(NC(=O)/C=C/CN(C)C)ccc43)n3ncc(C(C)C)c3n2)CC1. The van der Waals surface area contributed by atoms with Crippen molar-refractivity contribution < 1.29 is 9.53 Å². The van der Waals surface area contributed by atoms with E-state index in [1.807, 2.05) is 55.7 Å². The molecule has 0 radical (unpaired) electrons. The van der Waals surface area contributed by atoms with E-state index in [2.05, 4.69) is 71.5 Å². The highest BCUT2D eigenvalue weighted by atomic mass is 16.5. The van der Waals surface area contributed by atoms with Crippen molar-refractivity contribution in [3.8, 4) is 5.69 Å². The second-order valence-electron chi connectivity index (χ2n) is 13.4. The summed E-state index contributed by atoms with van der Waals surface area (Å²) in [6, 6.07) is 14.4. The zero-order valence-corrected chi connectivity index (χ0v) is 29.3. The number of carbonyl (C=O) groups is 1. The largest absolute Gasteiger partial charge is 0.381 e. The number of aromatic nitrogens is 5. The van der Waals surface area contributed by atoms with E-state index in [9.17, 15) is 4.79 Å². The van der Waals surface area contributed by atoms with E-state index in [4.69, 9.17) is 19.7 Å². The van der Waals surface area contributed by atoms with E-state index < -0.39 is 0 Å². The number of fused-ring (bicyclic) bond motifs is 2. The van der Waals surface area contributed by atoms with Gasteiger partial charge in [-0.1, -0.05) is 32.1 Å². The summed E-state index contributed by atoms with van der Waals surface area (Å²) in [5.74, 6) is 1.52. The summed E-state index contributed by atoms with van der Waals surface area (Å²) in [7, 11) is 5.73. The smallest absolute Gasteiger partial charge is 0.254 e. The van der Waals surface area contributed by atoms with Crippen molar-refractivity contribution in [3.63, 3.8) is 0 Å².